The minimum absolute atomic E-state index is 0.0141. The number of piperidine rings is 1. The van der Waals surface area contributed by atoms with Crippen LogP contribution in [0.25, 0.3) is 16.7 Å². The Labute approximate surface area is 219 Å². The minimum Gasteiger partial charge on any atom is -0.497 e. The van der Waals surface area contributed by atoms with E-state index < -0.39 is 11.3 Å². The number of rotatable bonds is 7. The molecule has 2 atom stereocenters. The van der Waals surface area contributed by atoms with E-state index in [2.05, 4.69) is 10.3 Å². The van der Waals surface area contributed by atoms with Gasteiger partial charge in [-0.25, -0.2) is 4.98 Å². The number of amides is 1. The van der Waals surface area contributed by atoms with Crippen molar-refractivity contribution in [1.29, 1.82) is 0 Å². The number of nitrogens with two attached hydrogens (primary N) is 2. The molecule has 4 aromatic rings. The molecule has 1 fully saturated rings. The second-order valence-electron chi connectivity index (χ2n) is 8.96. The molecule has 0 bridgehead atoms. The molecule has 0 saturated carbocycles. The molecule has 38 heavy (non-hydrogen) atoms. The van der Waals surface area contributed by atoms with E-state index in [0.29, 0.717) is 23.8 Å². The molecule has 5 rings (SSSR count). The summed E-state index contributed by atoms with van der Waals surface area (Å²) < 4.78 is 12.5. The van der Waals surface area contributed by atoms with Crippen molar-refractivity contribution in [2.75, 3.05) is 31.4 Å². The highest BCUT2D eigenvalue weighted by Gasteiger charge is 2.30. The topological polar surface area (TPSA) is 151 Å². The maximum Gasteiger partial charge on any atom is 0.256 e. The maximum atomic E-state index is 13.3. The molecule has 2 aromatic carbocycles. The van der Waals surface area contributed by atoms with Crippen molar-refractivity contribution < 1.29 is 14.3 Å². The number of fused-ring (bicyclic) bond motifs is 1. The summed E-state index contributed by atoms with van der Waals surface area (Å²) in [6.45, 7) is 0.753. The number of pyridine rings is 1. The van der Waals surface area contributed by atoms with Gasteiger partial charge in [0.1, 0.15) is 23.4 Å². The van der Waals surface area contributed by atoms with Crippen LogP contribution in [0.2, 0.25) is 0 Å². The second-order valence-corrected chi connectivity index (χ2v) is 8.96. The van der Waals surface area contributed by atoms with Crippen LogP contribution in [0.3, 0.4) is 0 Å². The fraction of sp³-hybridized carbons (Fsp3) is 0.259. The van der Waals surface area contributed by atoms with E-state index in [1.54, 1.807) is 38.5 Å². The SMILES string of the molecule is COc1cccc(-n2c(N)c(C(N)=O)c(=O)c3cnc(N(c4ccccc4)C4CCNC(OC)C4)nc32)c1. The lowest BCUT2D eigenvalue weighted by Gasteiger charge is -2.37. The molecule has 0 spiro atoms. The third-order valence-corrected chi connectivity index (χ3v) is 6.73. The lowest BCUT2D eigenvalue weighted by molar-refractivity contribution is 0.0461. The molecule has 0 radical (unpaired) electrons. The minimum atomic E-state index is -0.929. The number of nitrogens with zero attached hydrogens (tertiary/aromatic N) is 4. The van der Waals surface area contributed by atoms with Gasteiger partial charge in [-0.1, -0.05) is 24.3 Å². The van der Waals surface area contributed by atoms with Gasteiger partial charge in [0, 0.05) is 37.5 Å². The average molecular weight is 516 g/mol. The van der Waals surface area contributed by atoms with E-state index in [-0.39, 0.29) is 34.7 Å². The summed E-state index contributed by atoms with van der Waals surface area (Å²) in [6, 6.07) is 16.9. The summed E-state index contributed by atoms with van der Waals surface area (Å²) in [4.78, 5) is 37.1. The Morgan fingerprint density at radius 1 is 1.16 bits per heavy atom. The molecule has 1 aliphatic rings. The molecule has 1 saturated heterocycles. The van der Waals surface area contributed by atoms with Crippen LogP contribution in [0, 0.1) is 0 Å². The lowest BCUT2D eigenvalue weighted by Crippen LogP contribution is -2.47. The van der Waals surface area contributed by atoms with Crippen LogP contribution in [0.15, 0.2) is 65.6 Å². The molecule has 1 aliphatic heterocycles. The van der Waals surface area contributed by atoms with Gasteiger partial charge in [0.2, 0.25) is 11.4 Å². The van der Waals surface area contributed by atoms with Gasteiger partial charge in [-0.05, 0) is 37.2 Å². The van der Waals surface area contributed by atoms with Crippen molar-refractivity contribution in [1.82, 2.24) is 19.9 Å². The Hall–Kier alpha value is -4.48. The number of ether oxygens (including phenoxy) is 2. The van der Waals surface area contributed by atoms with Crippen LogP contribution in [0.5, 0.6) is 5.75 Å². The number of carbonyl (C=O) groups excluding carboxylic acids is 1. The van der Waals surface area contributed by atoms with E-state index in [9.17, 15) is 9.59 Å². The number of methoxy groups -OCH3 is 2. The van der Waals surface area contributed by atoms with Gasteiger partial charge < -0.3 is 25.8 Å². The van der Waals surface area contributed by atoms with Crippen LogP contribution < -0.4 is 31.8 Å². The van der Waals surface area contributed by atoms with Crippen LogP contribution in [0.4, 0.5) is 17.5 Å². The normalized spacial score (nSPS) is 17.3. The first kappa shape index (κ1) is 25.2. The van der Waals surface area contributed by atoms with Gasteiger partial charge in [-0.2, -0.15) is 4.98 Å². The Morgan fingerprint density at radius 2 is 1.95 bits per heavy atom. The monoisotopic (exact) mass is 515 g/mol. The summed E-state index contributed by atoms with van der Waals surface area (Å²) in [5.41, 5.74) is 12.7. The van der Waals surface area contributed by atoms with Crippen LogP contribution in [-0.4, -0.2) is 53.5 Å². The van der Waals surface area contributed by atoms with Crippen molar-refractivity contribution in [2.45, 2.75) is 25.1 Å². The molecular formula is C27H29N7O4. The molecule has 11 heteroatoms. The highest BCUT2D eigenvalue weighted by Crippen LogP contribution is 2.32. The van der Waals surface area contributed by atoms with E-state index in [0.717, 1.165) is 18.7 Å². The molecule has 0 aliphatic carbocycles. The number of hydrogen-bond acceptors (Lipinski definition) is 9. The number of primary amides is 1. The number of benzene rings is 2. The highest BCUT2D eigenvalue weighted by atomic mass is 16.5. The first-order valence-corrected chi connectivity index (χ1v) is 12.2. The van der Waals surface area contributed by atoms with Crippen molar-refractivity contribution in [3.05, 3.63) is 76.6 Å². The number of aromatic nitrogens is 3. The molecule has 11 nitrogen and oxygen atoms in total. The zero-order valence-corrected chi connectivity index (χ0v) is 21.1. The average Bonchev–Trinajstić information content (AvgIpc) is 2.94. The lowest BCUT2D eigenvalue weighted by atomic mass is 10.0. The summed E-state index contributed by atoms with van der Waals surface area (Å²) >= 11 is 0. The smallest absolute Gasteiger partial charge is 0.256 e. The summed E-state index contributed by atoms with van der Waals surface area (Å²) in [5, 5.41) is 3.47. The molecule has 1 amide bonds. The van der Waals surface area contributed by atoms with Crippen molar-refractivity contribution >= 4 is 34.4 Å². The van der Waals surface area contributed by atoms with Crippen molar-refractivity contribution in [2.24, 2.45) is 5.73 Å². The molecule has 196 valence electrons. The van der Waals surface area contributed by atoms with Crippen molar-refractivity contribution in [3.63, 3.8) is 0 Å². The fourth-order valence-electron chi connectivity index (χ4n) is 4.89. The van der Waals surface area contributed by atoms with Crippen LogP contribution in [-0.2, 0) is 4.74 Å². The third-order valence-electron chi connectivity index (χ3n) is 6.73. The van der Waals surface area contributed by atoms with Crippen molar-refractivity contribution in [3.8, 4) is 11.4 Å². The molecule has 2 unspecified atom stereocenters. The molecule has 2 aromatic heterocycles. The van der Waals surface area contributed by atoms with Gasteiger partial charge >= 0.3 is 0 Å². The fourth-order valence-corrected chi connectivity index (χ4v) is 4.89. The first-order chi connectivity index (χ1) is 18.4. The summed E-state index contributed by atoms with van der Waals surface area (Å²) in [6.07, 6.45) is 2.82. The number of nitrogens with one attached hydrogen (secondary N) is 1. The predicted molar refractivity (Wildman–Crippen MR) is 145 cm³/mol. The zero-order valence-electron chi connectivity index (χ0n) is 21.1. The Bertz CT molecular complexity index is 1540. The summed E-state index contributed by atoms with van der Waals surface area (Å²) in [5.74, 6) is -0.0931. The van der Waals surface area contributed by atoms with Gasteiger partial charge in [-0.3, -0.25) is 19.5 Å². The molecular weight excluding hydrogens is 486 g/mol. The number of nitrogen functional groups attached to an aromatic ring is 1. The number of anilines is 3. The third kappa shape index (κ3) is 4.53. The second kappa shape index (κ2) is 10.5. The molecule has 5 N–H and O–H groups in total. The van der Waals surface area contributed by atoms with Gasteiger partial charge in [0.15, 0.2) is 5.65 Å². The van der Waals surface area contributed by atoms with Gasteiger partial charge in [-0.15, -0.1) is 0 Å². The van der Waals surface area contributed by atoms with E-state index >= 15 is 0 Å². The number of carbonyl (C=O) groups is 1. The largest absolute Gasteiger partial charge is 0.497 e. The van der Waals surface area contributed by atoms with E-state index in [1.165, 1.54) is 10.8 Å². The standard InChI is InChI=1S/C27H29N7O4/c1-37-19-10-6-9-17(13-19)34-24(28)22(25(29)36)23(35)20-15-31-27(32-26(20)34)33(16-7-4-3-5-8-16)18-11-12-30-21(14-18)38-2/h3-10,13,15,18,21,30H,11-12,14,28H2,1-2H3,(H2,29,36). The first-order valence-electron chi connectivity index (χ1n) is 12.2. The van der Waals surface area contributed by atoms with Gasteiger partial charge in [0.05, 0.1) is 18.2 Å². The van der Waals surface area contributed by atoms with Gasteiger partial charge in [0.25, 0.3) is 5.91 Å². The van der Waals surface area contributed by atoms with Crippen LogP contribution >= 0.6 is 0 Å². The maximum absolute atomic E-state index is 13.3. The zero-order chi connectivity index (χ0) is 26.8. The number of hydrogen-bond donors (Lipinski definition) is 3. The van der Waals surface area contributed by atoms with E-state index in [1.807, 2.05) is 35.2 Å². The Kier molecular flexibility index (Phi) is 6.95. The highest BCUT2D eigenvalue weighted by molar-refractivity contribution is 6.01. The van der Waals surface area contributed by atoms with Crippen LogP contribution in [0.1, 0.15) is 23.2 Å². The number of para-hydroxylation sites is 1. The Morgan fingerprint density at radius 3 is 2.66 bits per heavy atom. The molecule has 3 heterocycles. The predicted octanol–water partition coefficient (Wildman–Crippen LogP) is 2.33. The quantitative estimate of drug-likeness (QED) is 0.337. The van der Waals surface area contributed by atoms with E-state index in [4.69, 9.17) is 25.9 Å². The Balaban J connectivity index is 1.77. The summed E-state index contributed by atoms with van der Waals surface area (Å²) in [7, 11) is 3.22.